The summed E-state index contributed by atoms with van der Waals surface area (Å²) in [7, 11) is -0.331. The lowest BCUT2D eigenvalue weighted by Gasteiger charge is -2.44. The summed E-state index contributed by atoms with van der Waals surface area (Å²) in [5.41, 5.74) is 0. The van der Waals surface area contributed by atoms with Crippen LogP contribution in [0, 0.1) is 0 Å². The first-order valence-corrected chi connectivity index (χ1v) is 16.5. The quantitative estimate of drug-likeness (QED) is 0.590. The van der Waals surface area contributed by atoms with E-state index in [2.05, 4.69) is 51.3 Å². The van der Waals surface area contributed by atoms with Crippen molar-refractivity contribution in [3.05, 3.63) is 0 Å². The summed E-state index contributed by atoms with van der Waals surface area (Å²) >= 11 is 6.83. The molecule has 12 heavy (non-hydrogen) atoms. The number of rotatable bonds is 3. The minimum absolute atomic E-state index is 1.19. The van der Waals surface area contributed by atoms with Crippen LogP contribution in [0.15, 0.2) is 0 Å². The van der Waals surface area contributed by atoms with Gasteiger partial charge in [-0.1, -0.05) is 39.3 Å². The predicted molar refractivity (Wildman–Crippen MR) is 67.4 cm³/mol. The molecule has 0 spiro atoms. The van der Waals surface area contributed by atoms with Gasteiger partial charge in [0.2, 0.25) is 0 Å². The van der Waals surface area contributed by atoms with Gasteiger partial charge in [-0.2, -0.15) is 11.1 Å². The zero-order valence-corrected chi connectivity index (χ0v) is 13.1. The van der Waals surface area contributed by atoms with Crippen molar-refractivity contribution in [2.75, 3.05) is 7.05 Å². The van der Waals surface area contributed by atoms with Gasteiger partial charge in [-0.3, -0.25) is 0 Å². The van der Waals surface area contributed by atoms with Crippen LogP contribution >= 0.6 is 11.1 Å². The summed E-state index contributed by atoms with van der Waals surface area (Å²) in [5.74, 6) is 0. The highest BCUT2D eigenvalue weighted by molar-refractivity contribution is 7.81. The molecule has 0 saturated carbocycles. The fraction of sp³-hybridized carbons (Fsp3) is 1.00. The van der Waals surface area contributed by atoms with Crippen LogP contribution in [-0.2, 0) is 0 Å². The molecule has 0 aliphatic heterocycles. The Labute approximate surface area is 84.3 Å². The van der Waals surface area contributed by atoms with Gasteiger partial charge in [0.25, 0.3) is 0 Å². The van der Waals surface area contributed by atoms with Gasteiger partial charge in [-0.15, -0.1) is 0 Å². The monoisotopic (exact) mass is 239 g/mol. The second-order valence-corrected chi connectivity index (χ2v) is 34.8. The van der Waals surface area contributed by atoms with Crippen molar-refractivity contribution in [1.82, 2.24) is 4.98 Å². The molecule has 0 radical (unpaired) electrons. The normalized spacial score (nSPS) is 15.0. The van der Waals surface area contributed by atoms with Gasteiger partial charge in [-0.25, -0.2) is 0 Å². The maximum atomic E-state index is 6.83. The molecule has 1 nitrogen and oxygen atoms in total. The average molecular weight is 240 g/mol. The molecule has 0 bridgehead atoms. The van der Waals surface area contributed by atoms with Gasteiger partial charge in [0.1, 0.15) is 0 Å². The number of hydrogen-bond acceptors (Lipinski definition) is 1. The van der Waals surface area contributed by atoms with Crippen molar-refractivity contribution in [3.63, 3.8) is 0 Å². The Morgan fingerprint density at radius 3 is 1.08 bits per heavy atom. The molecule has 0 atom stereocenters. The lowest BCUT2D eigenvalue weighted by atomic mass is 11.6. The minimum Gasteiger partial charge on any atom is -0.332 e. The van der Waals surface area contributed by atoms with E-state index in [1.54, 1.807) is 0 Å². The Kier molecular flexibility index (Phi) is 3.84. The molecule has 5 heteroatoms. The van der Waals surface area contributed by atoms with Crippen molar-refractivity contribution < 1.29 is 0 Å². The fourth-order valence-corrected chi connectivity index (χ4v) is 37.1. The van der Waals surface area contributed by atoms with Gasteiger partial charge in [0, 0.05) is 0 Å². The third-order valence-corrected chi connectivity index (χ3v) is 45.4. The molecular formula is C7H22ClNSi3. The van der Waals surface area contributed by atoms with Gasteiger partial charge < -0.3 is 4.98 Å². The van der Waals surface area contributed by atoms with Crippen LogP contribution in [0.2, 0.25) is 39.3 Å². The van der Waals surface area contributed by atoms with E-state index in [0.717, 1.165) is 0 Å². The molecule has 0 fully saturated rings. The Balaban J connectivity index is 4.95. The molecule has 0 aromatic rings. The van der Waals surface area contributed by atoms with E-state index < -0.39 is 21.8 Å². The second kappa shape index (κ2) is 3.57. The van der Waals surface area contributed by atoms with Crippen LogP contribution in [0.25, 0.3) is 0 Å². The number of halogens is 1. The molecule has 0 aromatic heterocycles. The highest BCUT2D eigenvalue weighted by Gasteiger charge is 2.53. The summed E-state index contributed by atoms with van der Waals surface area (Å²) in [5, 5.41) is 0. The van der Waals surface area contributed by atoms with Crippen molar-refractivity contribution in [3.8, 4) is 0 Å². The third kappa shape index (κ3) is 2.23. The van der Waals surface area contributed by atoms with Crippen LogP contribution in [-0.4, -0.2) is 28.8 Å². The van der Waals surface area contributed by atoms with E-state index in [-0.39, 0.29) is 0 Å². The van der Waals surface area contributed by atoms with Crippen molar-refractivity contribution >= 4 is 32.8 Å². The van der Waals surface area contributed by atoms with Crippen molar-refractivity contribution in [2.24, 2.45) is 0 Å². The summed E-state index contributed by atoms with van der Waals surface area (Å²) in [6.07, 6.45) is 0. The topological polar surface area (TPSA) is 12.0 Å². The average Bonchev–Trinajstić information content (AvgIpc) is 1.81. The molecule has 0 aromatic carbocycles. The third-order valence-electron chi connectivity index (χ3n) is 2.41. The van der Waals surface area contributed by atoms with Crippen LogP contribution < -0.4 is 4.98 Å². The Morgan fingerprint density at radius 1 is 0.833 bits per heavy atom. The minimum atomic E-state index is -1.63. The zero-order chi connectivity index (χ0) is 10.2. The van der Waals surface area contributed by atoms with Gasteiger partial charge in [0.05, 0.1) is 15.2 Å². The van der Waals surface area contributed by atoms with Crippen LogP contribution in [0.3, 0.4) is 0 Å². The Morgan fingerprint density at radius 2 is 1.08 bits per heavy atom. The van der Waals surface area contributed by atoms with Gasteiger partial charge in [0.15, 0.2) is 6.58 Å². The molecule has 0 aliphatic rings. The smallest absolute Gasteiger partial charge is 0.199 e. The Bertz CT molecular complexity index is 145. The van der Waals surface area contributed by atoms with E-state index in [9.17, 15) is 0 Å². The standard InChI is InChI=1S/C7H22ClNSi3/c1-9-12(8,10(2,3)4)11(5,6)7/h9H,1-7H3. The fourth-order valence-electron chi connectivity index (χ4n) is 1.88. The van der Waals surface area contributed by atoms with Crippen molar-refractivity contribution in [1.29, 1.82) is 0 Å². The van der Waals surface area contributed by atoms with Crippen LogP contribution in [0.1, 0.15) is 0 Å². The first-order chi connectivity index (χ1) is 5.06. The molecule has 0 unspecified atom stereocenters. The lowest BCUT2D eigenvalue weighted by Crippen LogP contribution is -2.75. The first kappa shape index (κ1) is 12.9. The Hall–Kier alpha value is 0.901. The van der Waals surface area contributed by atoms with E-state index >= 15 is 0 Å². The molecule has 0 heterocycles. The lowest BCUT2D eigenvalue weighted by molar-refractivity contribution is 1.23. The SMILES string of the molecule is CN[Si](Cl)([Si](C)(C)C)[Si](C)(C)C. The maximum Gasteiger partial charge on any atom is 0.199 e. The number of nitrogens with one attached hydrogen (secondary N) is 1. The largest absolute Gasteiger partial charge is 0.332 e. The van der Waals surface area contributed by atoms with Gasteiger partial charge in [-0.05, 0) is 7.05 Å². The highest BCUT2D eigenvalue weighted by Crippen LogP contribution is 2.29. The summed E-state index contributed by atoms with van der Waals surface area (Å²) in [4.78, 5) is 3.49. The van der Waals surface area contributed by atoms with Crippen molar-refractivity contribution in [2.45, 2.75) is 39.3 Å². The van der Waals surface area contributed by atoms with E-state index in [1.807, 2.05) is 0 Å². The molecular weight excluding hydrogens is 218 g/mol. The summed E-state index contributed by atoms with van der Waals surface area (Å²) < 4.78 is 0. The van der Waals surface area contributed by atoms with E-state index in [1.165, 1.54) is 0 Å². The van der Waals surface area contributed by atoms with E-state index in [0.29, 0.717) is 0 Å². The molecule has 0 rings (SSSR count). The van der Waals surface area contributed by atoms with Crippen LogP contribution in [0.4, 0.5) is 0 Å². The molecule has 0 aliphatic carbocycles. The number of hydrogen-bond donors (Lipinski definition) is 1. The van der Waals surface area contributed by atoms with E-state index in [4.69, 9.17) is 11.1 Å². The zero-order valence-electron chi connectivity index (χ0n) is 9.38. The summed E-state index contributed by atoms with van der Waals surface area (Å²) in [6.45, 7) is 12.7. The predicted octanol–water partition coefficient (Wildman–Crippen LogP) is 2.72. The van der Waals surface area contributed by atoms with Crippen LogP contribution in [0.5, 0.6) is 0 Å². The maximum absolute atomic E-state index is 6.83. The molecule has 0 saturated heterocycles. The second-order valence-electron chi connectivity index (χ2n) is 5.41. The van der Waals surface area contributed by atoms with Gasteiger partial charge >= 0.3 is 0 Å². The molecule has 74 valence electrons. The summed E-state index contributed by atoms with van der Waals surface area (Å²) in [6, 6.07) is 0. The molecule has 0 amide bonds. The molecule has 1 N–H and O–H groups in total. The highest BCUT2D eigenvalue weighted by atomic mass is 35.6. The first-order valence-electron chi connectivity index (χ1n) is 4.44.